The molecule has 0 spiro atoms. The molecule has 1 fully saturated rings. The van der Waals surface area contributed by atoms with E-state index in [1.165, 1.54) is 24.8 Å². The molecule has 1 atom stereocenters. The maximum absolute atomic E-state index is 10.1. The number of aliphatic hydroxyl groups is 1. The Hall–Kier alpha value is -1.75. The molecule has 0 bridgehead atoms. The highest BCUT2D eigenvalue weighted by atomic mass is 32.2. The molecule has 0 radical (unpaired) electrons. The lowest BCUT2D eigenvalue weighted by molar-refractivity contribution is 0.0960. The summed E-state index contributed by atoms with van der Waals surface area (Å²) >= 11 is 1.16. The molecule has 7 heteroatoms. The lowest BCUT2D eigenvalue weighted by atomic mass is 10.1. The van der Waals surface area contributed by atoms with Crippen LogP contribution in [0.1, 0.15) is 24.8 Å². The summed E-state index contributed by atoms with van der Waals surface area (Å²) < 4.78 is 5.67. The van der Waals surface area contributed by atoms with Crippen LogP contribution in [0.4, 0.5) is 0 Å². The molecule has 0 saturated carbocycles. The van der Waals surface area contributed by atoms with Crippen molar-refractivity contribution < 1.29 is 9.84 Å². The number of likely N-dealkylation sites (tertiary alicyclic amines) is 1. The van der Waals surface area contributed by atoms with Crippen molar-refractivity contribution in [2.75, 3.05) is 32.5 Å². The summed E-state index contributed by atoms with van der Waals surface area (Å²) in [6.45, 7) is 3.37. The van der Waals surface area contributed by atoms with Gasteiger partial charge in [0.2, 0.25) is 0 Å². The zero-order chi connectivity index (χ0) is 18.1. The van der Waals surface area contributed by atoms with Crippen LogP contribution < -0.4 is 4.74 Å². The minimum Gasteiger partial charge on any atom is -0.491 e. The maximum atomic E-state index is 10.1. The second-order valence-corrected chi connectivity index (χ2v) is 6.96. The number of nitrogens with one attached hydrogen (secondary N) is 1. The lowest BCUT2D eigenvalue weighted by Crippen LogP contribution is -2.35. The Bertz CT molecular complexity index is 599. The lowest BCUT2D eigenvalue weighted by Gasteiger charge is -2.26. The smallest absolute Gasteiger partial charge is 0.186 e. The quantitative estimate of drug-likeness (QED) is 0.336. The molecule has 1 aliphatic heterocycles. The fourth-order valence-corrected chi connectivity index (χ4v) is 3.18. The van der Waals surface area contributed by atoms with Crippen LogP contribution in [-0.2, 0) is 6.54 Å². The summed E-state index contributed by atoms with van der Waals surface area (Å²) in [7, 11) is 0. The SMILES string of the molecule is CSC(=N)N(C#N)CC(O)COc1cccc(CN2CCCCC2)c1. The third-order valence-corrected chi connectivity index (χ3v) is 4.76. The van der Waals surface area contributed by atoms with Gasteiger partial charge in [-0.15, -0.1) is 0 Å². The van der Waals surface area contributed by atoms with Crippen molar-refractivity contribution in [2.24, 2.45) is 0 Å². The molecule has 6 nitrogen and oxygen atoms in total. The largest absolute Gasteiger partial charge is 0.491 e. The van der Waals surface area contributed by atoms with Crippen molar-refractivity contribution in [3.05, 3.63) is 29.8 Å². The van der Waals surface area contributed by atoms with Crippen LogP contribution in [-0.4, -0.2) is 58.7 Å². The highest BCUT2D eigenvalue weighted by molar-refractivity contribution is 8.13. The van der Waals surface area contributed by atoms with Gasteiger partial charge in [0.15, 0.2) is 11.4 Å². The second-order valence-electron chi connectivity index (χ2n) is 6.17. The summed E-state index contributed by atoms with van der Waals surface area (Å²) in [4.78, 5) is 3.61. The Kier molecular flexibility index (Phi) is 8.06. The van der Waals surface area contributed by atoms with Crippen molar-refractivity contribution in [3.63, 3.8) is 0 Å². The molecule has 1 unspecified atom stereocenters. The number of rotatable bonds is 7. The maximum Gasteiger partial charge on any atom is 0.186 e. The van der Waals surface area contributed by atoms with Crippen molar-refractivity contribution in [1.29, 1.82) is 10.7 Å². The minimum absolute atomic E-state index is 0.0592. The molecular formula is C18H26N4O2S. The standard InChI is InChI=1S/C18H26N4O2S/c1-25-18(20)22(14-19)12-16(23)13-24-17-7-5-6-15(10-17)11-21-8-3-2-4-9-21/h5-7,10,16,20,23H,2-4,8-9,11-13H2,1H3. The van der Waals surface area contributed by atoms with Gasteiger partial charge in [-0.3, -0.25) is 15.2 Å². The highest BCUT2D eigenvalue weighted by Crippen LogP contribution is 2.18. The molecule has 0 aromatic heterocycles. The van der Waals surface area contributed by atoms with Gasteiger partial charge in [-0.2, -0.15) is 5.26 Å². The van der Waals surface area contributed by atoms with Crippen LogP contribution in [0, 0.1) is 16.9 Å². The Labute approximate surface area is 153 Å². The van der Waals surface area contributed by atoms with Gasteiger partial charge >= 0.3 is 0 Å². The van der Waals surface area contributed by atoms with Crippen molar-refractivity contribution in [3.8, 4) is 11.9 Å². The van der Waals surface area contributed by atoms with E-state index in [1.54, 1.807) is 6.26 Å². The summed E-state index contributed by atoms with van der Waals surface area (Å²) in [5.41, 5.74) is 1.21. The van der Waals surface area contributed by atoms with Crippen LogP contribution in [0.2, 0.25) is 0 Å². The van der Waals surface area contributed by atoms with E-state index in [4.69, 9.17) is 15.4 Å². The van der Waals surface area contributed by atoms with Gasteiger partial charge in [0, 0.05) is 6.54 Å². The molecule has 1 aromatic carbocycles. The van der Waals surface area contributed by atoms with Gasteiger partial charge in [-0.25, -0.2) is 0 Å². The molecule has 25 heavy (non-hydrogen) atoms. The number of nitriles is 1. The van der Waals surface area contributed by atoms with Crippen molar-refractivity contribution in [2.45, 2.75) is 31.9 Å². The van der Waals surface area contributed by atoms with E-state index in [2.05, 4.69) is 11.0 Å². The molecule has 1 heterocycles. The first-order valence-corrected chi connectivity index (χ1v) is 9.77. The van der Waals surface area contributed by atoms with Crippen LogP contribution in [0.15, 0.2) is 24.3 Å². The summed E-state index contributed by atoms with van der Waals surface area (Å²) in [6.07, 6.45) is 6.65. The molecule has 0 aliphatic carbocycles. The van der Waals surface area contributed by atoms with Gasteiger partial charge in [-0.05, 0) is 49.9 Å². The van der Waals surface area contributed by atoms with Gasteiger partial charge < -0.3 is 9.84 Å². The molecule has 1 aliphatic rings. The van der Waals surface area contributed by atoms with E-state index >= 15 is 0 Å². The van der Waals surface area contributed by atoms with Crippen LogP contribution in [0.25, 0.3) is 0 Å². The van der Waals surface area contributed by atoms with E-state index in [1.807, 2.05) is 24.4 Å². The molecular weight excluding hydrogens is 336 g/mol. The molecule has 1 aromatic rings. The Morgan fingerprint density at radius 2 is 2.20 bits per heavy atom. The van der Waals surface area contributed by atoms with Gasteiger partial charge in [0.25, 0.3) is 0 Å². The topological polar surface area (TPSA) is 83.6 Å². The van der Waals surface area contributed by atoms with Crippen LogP contribution in [0.5, 0.6) is 5.75 Å². The Morgan fingerprint density at radius 1 is 1.44 bits per heavy atom. The number of aliphatic hydroxyl groups excluding tert-OH is 1. The first kappa shape index (κ1) is 19.6. The fourth-order valence-electron chi connectivity index (χ4n) is 2.84. The number of piperidine rings is 1. The van der Waals surface area contributed by atoms with E-state index < -0.39 is 6.10 Å². The first-order chi connectivity index (χ1) is 12.1. The first-order valence-electron chi connectivity index (χ1n) is 8.54. The fraction of sp³-hybridized carbons (Fsp3) is 0.556. The van der Waals surface area contributed by atoms with Crippen molar-refractivity contribution in [1.82, 2.24) is 9.80 Å². The van der Waals surface area contributed by atoms with E-state index in [-0.39, 0.29) is 18.3 Å². The number of ether oxygens (including phenoxy) is 1. The average molecular weight is 362 g/mol. The average Bonchev–Trinajstić information content (AvgIpc) is 2.65. The summed E-state index contributed by atoms with van der Waals surface area (Å²) in [5.74, 6) is 0.719. The summed E-state index contributed by atoms with van der Waals surface area (Å²) in [6, 6.07) is 7.94. The zero-order valence-corrected chi connectivity index (χ0v) is 15.5. The Balaban J connectivity index is 1.82. The molecule has 2 rings (SSSR count). The predicted octanol–water partition coefficient (Wildman–Crippen LogP) is 2.49. The highest BCUT2D eigenvalue weighted by Gasteiger charge is 2.15. The number of benzene rings is 1. The zero-order valence-electron chi connectivity index (χ0n) is 14.6. The third-order valence-electron chi connectivity index (χ3n) is 4.15. The second kappa shape index (κ2) is 10.3. The van der Waals surface area contributed by atoms with Crippen molar-refractivity contribution >= 4 is 16.9 Å². The number of amidine groups is 1. The Morgan fingerprint density at radius 3 is 2.88 bits per heavy atom. The normalized spacial score (nSPS) is 16.0. The van der Waals surface area contributed by atoms with E-state index in [0.717, 1.165) is 42.0 Å². The monoisotopic (exact) mass is 362 g/mol. The predicted molar refractivity (Wildman–Crippen MR) is 101 cm³/mol. The van der Waals surface area contributed by atoms with Gasteiger partial charge in [-0.1, -0.05) is 30.3 Å². The van der Waals surface area contributed by atoms with Crippen LogP contribution in [0.3, 0.4) is 0 Å². The minimum atomic E-state index is -0.835. The number of hydrogen-bond donors (Lipinski definition) is 2. The van der Waals surface area contributed by atoms with Crippen LogP contribution >= 0.6 is 11.8 Å². The summed E-state index contributed by atoms with van der Waals surface area (Å²) in [5, 5.41) is 26.8. The number of hydrogen-bond acceptors (Lipinski definition) is 6. The molecule has 136 valence electrons. The number of nitrogens with zero attached hydrogens (tertiary/aromatic N) is 3. The van der Waals surface area contributed by atoms with E-state index in [9.17, 15) is 5.11 Å². The number of thioether (sulfide) groups is 1. The molecule has 0 amide bonds. The molecule has 1 saturated heterocycles. The van der Waals surface area contributed by atoms with Gasteiger partial charge in [0.05, 0.1) is 6.54 Å². The molecule has 2 N–H and O–H groups in total. The van der Waals surface area contributed by atoms with E-state index in [0.29, 0.717) is 0 Å². The van der Waals surface area contributed by atoms with Gasteiger partial charge in [0.1, 0.15) is 18.5 Å². The third kappa shape index (κ3) is 6.58.